The molecule has 29 heavy (non-hydrogen) atoms. The Bertz CT molecular complexity index is 1030. The number of aryl methyl sites for hydroxylation is 2. The second kappa shape index (κ2) is 8.83. The number of amidine groups is 1. The quantitative estimate of drug-likeness (QED) is 0.703. The summed E-state index contributed by atoms with van der Waals surface area (Å²) in [6.45, 7) is 3.58. The fourth-order valence-electron chi connectivity index (χ4n) is 2.58. The average molecular weight is 412 g/mol. The zero-order valence-corrected chi connectivity index (χ0v) is 17.0. The fourth-order valence-corrected chi connectivity index (χ4v) is 3.42. The summed E-state index contributed by atoms with van der Waals surface area (Å²) in [4.78, 5) is 28.0. The number of carbonyl (C=O) groups excluding carboxylic acids is 1. The van der Waals surface area contributed by atoms with E-state index in [1.54, 1.807) is 24.3 Å². The van der Waals surface area contributed by atoms with Crippen LogP contribution in [0.15, 0.2) is 46.3 Å². The van der Waals surface area contributed by atoms with Crippen molar-refractivity contribution < 1.29 is 24.2 Å². The van der Waals surface area contributed by atoms with Crippen molar-refractivity contribution in [1.82, 2.24) is 5.32 Å². The highest BCUT2D eigenvalue weighted by molar-refractivity contribution is 8.18. The molecule has 0 aromatic heterocycles. The Hall–Kier alpha value is -3.26. The van der Waals surface area contributed by atoms with Gasteiger partial charge in [-0.05, 0) is 72.6 Å². The van der Waals surface area contributed by atoms with E-state index in [-0.39, 0.29) is 5.91 Å². The summed E-state index contributed by atoms with van der Waals surface area (Å²) < 4.78 is 10.4. The van der Waals surface area contributed by atoms with Gasteiger partial charge in [0.1, 0.15) is 0 Å². The van der Waals surface area contributed by atoms with Crippen LogP contribution in [0.3, 0.4) is 0 Å². The maximum atomic E-state index is 12.3. The molecule has 1 saturated heterocycles. The van der Waals surface area contributed by atoms with Gasteiger partial charge in [-0.3, -0.25) is 4.79 Å². The number of carboxylic acid groups (broad SMARTS) is 1. The van der Waals surface area contributed by atoms with Gasteiger partial charge in [-0.1, -0.05) is 12.1 Å². The third kappa shape index (κ3) is 5.17. The number of thioether (sulfide) groups is 1. The molecule has 0 bridgehead atoms. The van der Waals surface area contributed by atoms with Gasteiger partial charge in [0.2, 0.25) is 0 Å². The number of nitrogens with one attached hydrogen (secondary N) is 1. The van der Waals surface area contributed by atoms with Gasteiger partial charge in [-0.15, -0.1) is 0 Å². The summed E-state index contributed by atoms with van der Waals surface area (Å²) in [5.41, 5.74) is 3.81. The van der Waals surface area contributed by atoms with Crippen LogP contribution >= 0.6 is 11.8 Å². The average Bonchev–Trinajstić information content (AvgIpc) is 3.02. The molecule has 7 nitrogen and oxygen atoms in total. The molecule has 0 saturated carbocycles. The van der Waals surface area contributed by atoms with Crippen molar-refractivity contribution in [3.05, 3.63) is 58.0 Å². The van der Waals surface area contributed by atoms with Crippen molar-refractivity contribution in [1.29, 1.82) is 0 Å². The van der Waals surface area contributed by atoms with E-state index in [4.69, 9.17) is 14.6 Å². The normalized spacial score (nSPS) is 16.2. The maximum Gasteiger partial charge on any atom is 0.341 e. The lowest BCUT2D eigenvalue weighted by atomic mass is 10.1. The van der Waals surface area contributed by atoms with Crippen LogP contribution in [0.1, 0.15) is 16.7 Å². The lowest BCUT2D eigenvalue weighted by molar-refractivity contribution is -0.139. The van der Waals surface area contributed by atoms with Gasteiger partial charge in [0.15, 0.2) is 23.3 Å². The molecule has 1 aliphatic heterocycles. The highest BCUT2D eigenvalue weighted by atomic mass is 32.2. The first-order valence-corrected chi connectivity index (χ1v) is 9.57. The molecule has 0 atom stereocenters. The second-order valence-electron chi connectivity index (χ2n) is 6.34. The molecule has 1 heterocycles. The lowest BCUT2D eigenvalue weighted by Gasteiger charge is -2.09. The van der Waals surface area contributed by atoms with E-state index in [1.807, 2.05) is 32.0 Å². The van der Waals surface area contributed by atoms with Crippen LogP contribution in [0.4, 0.5) is 5.69 Å². The number of hydrogen-bond donors (Lipinski definition) is 2. The monoisotopic (exact) mass is 412 g/mol. The molecule has 8 heteroatoms. The first-order chi connectivity index (χ1) is 13.9. The molecule has 2 aromatic carbocycles. The number of methoxy groups -OCH3 is 1. The van der Waals surface area contributed by atoms with Gasteiger partial charge < -0.3 is 19.9 Å². The number of aliphatic carboxylic acids is 1. The van der Waals surface area contributed by atoms with Crippen molar-refractivity contribution in [2.24, 2.45) is 4.99 Å². The van der Waals surface area contributed by atoms with Crippen LogP contribution in [0, 0.1) is 13.8 Å². The first-order valence-electron chi connectivity index (χ1n) is 8.75. The zero-order valence-electron chi connectivity index (χ0n) is 16.2. The zero-order chi connectivity index (χ0) is 21.0. The number of rotatable bonds is 6. The van der Waals surface area contributed by atoms with E-state index in [2.05, 4.69) is 10.3 Å². The Balaban J connectivity index is 1.79. The highest BCUT2D eigenvalue weighted by Crippen LogP contribution is 2.32. The van der Waals surface area contributed by atoms with Crippen LogP contribution in [0.2, 0.25) is 0 Å². The number of nitrogens with zero attached hydrogens (tertiary/aromatic N) is 1. The van der Waals surface area contributed by atoms with Crippen molar-refractivity contribution >= 4 is 40.6 Å². The van der Waals surface area contributed by atoms with E-state index >= 15 is 0 Å². The Kier molecular flexibility index (Phi) is 6.23. The molecule has 150 valence electrons. The number of hydrogen-bond acceptors (Lipinski definition) is 6. The summed E-state index contributed by atoms with van der Waals surface area (Å²) in [6.07, 6.45) is 1.71. The number of benzene rings is 2. The van der Waals surface area contributed by atoms with E-state index in [0.717, 1.165) is 16.8 Å². The van der Waals surface area contributed by atoms with Crippen LogP contribution in [0.25, 0.3) is 6.08 Å². The second-order valence-corrected chi connectivity index (χ2v) is 7.37. The maximum absolute atomic E-state index is 12.3. The molecule has 0 unspecified atom stereocenters. The largest absolute Gasteiger partial charge is 0.493 e. The van der Waals surface area contributed by atoms with E-state index in [9.17, 15) is 9.59 Å². The molecular formula is C21H20N2O5S. The summed E-state index contributed by atoms with van der Waals surface area (Å²) >= 11 is 1.25. The van der Waals surface area contributed by atoms with Crippen molar-refractivity contribution in [2.75, 3.05) is 13.7 Å². The highest BCUT2D eigenvalue weighted by Gasteiger charge is 2.24. The number of carboxylic acids is 1. The number of ether oxygens (including phenoxy) is 2. The van der Waals surface area contributed by atoms with Gasteiger partial charge in [-0.25, -0.2) is 9.79 Å². The predicted molar refractivity (Wildman–Crippen MR) is 113 cm³/mol. The molecule has 0 radical (unpaired) electrons. The van der Waals surface area contributed by atoms with Crippen molar-refractivity contribution in [3.8, 4) is 11.5 Å². The Morgan fingerprint density at radius 3 is 2.66 bits per heavy atom. The third-order valence-electron chi connectivity index (χ3n) is 4.21. The van der Waals surface area contributed by atoms with Crippen LogP contribution in [-0.4, -0.2) is 35.9 Å². The van der Waals surface area contributed by atoms with Gasteiger partial charge in [0.05, 0.1) is 17.7 Å². The van der Waals surface area contributed by atoms with E-state index in [1.165, 1.54) is 24.4 Å². The van der Waals surface area contributed by atoms with E-state index < -0.39 is 12.6 Å². The summed E-state index contributed by atoms with van der Waals surface area (Å²) in [7, 11) is 1.46. The van der Waals surface area contributed by atoms with Crippen LogP contribution in [0.5, 0.6) is 11.5 Å². The molecule has 0 aliphatic carbocycles. The smallest absolute Gasteiger partial charge is 0.341 e. The Morgan fingerprint density at radius 1 is 1.17 bits per heavy atom. The van der Waals surface area contributed by atoms with Gasteiger partial charge >= 0.3 is 5.97 Å². The van der Waals surface area contributed by atoms with Crippen molar-refractivity contribution in [2.45, 2.75) is 13.8 Å². The topological polar surface area (TPSA) is 97.2 Å². The van der Waals surface area contributed by atoms with Crippen LogP contribution in [-0.2, 0) is 9.59 Å². The summed E-state index contributed by atoms with van der Waals surface area (Å²) in [5.74, 6) is -0.610. The van der Waals surface area contributed by atoms with Gasteiger partial charge in [0.25, 0.3) is 5.91 Å². The third-order valence-corrected chi connectivity index (χ3v) is 5.12. The lowest BCUT2D eigenvalue weighted by Crippen LogP contribution is -2.19. The molecule has 3 rings (SSSR count). The van der Waals surface area contributed by atoms with Crippen molar-refractivity contribution in [3.63, 3.8) is 0 Å². The standard InChI is InChI=1S/C21H20N2O5S/c1-12-4-6-15(8-13(12)2)22-21-23-20(26)18(29-21)10-14-5-7-16(17(9-14)27-3)28-11-19(24)25/h4-10H,11H2,1-3H3,(H,24,25)(H,22,23,26)/b18-10+. The minimum atomic E-state index is -1.08. The number of amides is 1. The Labute approximate surface area is 172 Å². The minimum Gasteiger partial charge on any atom is -0.493 e. The minimum absolute atomic E-state index is 0.234. The summed E-state index contributed by atoms with van der Waals surface area (Å²) in [5, 5.41) is 12.0. The van der Waals surface area contributed by atoms with Gasteiger partial charge in [-0.2, -0.15) is 0 Å². The summed E-state index contributed by atoms with van der Waals surface area (Å²) in [6, 6.07) is 10.9. The Morgan fingerprint density at radius 2 is 1.97 bits per heavy atom. The van der Waals surface area contributed by atoms with Crippen LogP contribution < -0.4 is 14.8 Å². The van der Waals surface area contributed by atoms with E-state index in [0.29, 0.717) is 21.6 Å². The molecule has 2 N–H and O–H groups in total. The predicted octanol–water partition coefficient (Wildman–Crippen LogP) is 3.67. The molecule has 1 aliphatic rings. The fraction of sp³-hybridized carbons (Fsp3) is 0.190. The molecule has 0 spiro atoms. The number of aliphatic imine (C=N–C) groups is 1. The molecule has 1 fully saturated rings. The number of carbonyl (C=O) groups is 2. The molecule has 1 amide bonds. The first kappa shape index (κ1) is 20.5. The molecule has 2 aromatic rings. The molecular weight excluding hydrogens is 392 g/mol. The van der Waals surface area contributed by atoms with Gasteiger partial charge in [0, 0.05) is 0 Å². The SMILES string of the molecule is COc1cc(/C=C2/SC(=Nc3ccc(C)c(C)c3)NC2=O)ccc1OCC(=O)O.